The van der Waals surface area contributed by atoms with E-state index in [1.54, 1.807) is 19.4 Å². The van der Waals surface area contributed by atoms with Crippen LogP contribution in [0, 0.1) is 6.92 Å². The topological polar surface area (TPSA) is 75.6 Å². The first kappa shape index (κ1) is 11.8. The lowest BCUT2D eigenvalue weighted by Crippen LogP contribution is -2.21. The van der Waals surface area contributed by atoms with Gasteiger partial charge in [-0.2, -0.15) is 10.2 Å². The third-order valence-corrected chi connectivity index (χ3v) is 3.25. The maximum absolute atomic E-state index is 11.6. The number of H-pyrrole nitrogens is 1. The van der Waals surface area contributed by atoms with Crippen LogP contribution in [0.15, 0.2) is 21.7 Å². The molecule has 0 atom stereocenters. The van der Waals surface area contributed by atoms with Crippen LogP contribution < -0.4 is 10.9 Å². The highest BCUT2D eigenvalue weighted by Crippen LogP contribution is 2.17. The molecule has 6 nitrogen and oxygen atoms in total. The molecule has 0 bridgehead atoms. The van der Waals surface area contributed by atoms with Crippen LogP contribution in [-0.4, -0.2) is 20.0 Å². The summed E-state index contributed by atoms with van der Waals surface area (Å²) in [6.45, 7) is 2.54. The van der Waals surface area contributed by atoms with Gasteiger partial charge in [-0.1, -0.05) is 0 Å². The summed E-state index contributed by atoms with van der Waals surface area (Å²) in [7, 11) is 1.61. The van der Waals surface area contributed by atoms with Crippen molar-refractivity contribution in [3.8, 4) is 0 Å². The Bertz CT molecular complexity index is 589. The Labute approximate surface area is 106 Å². The monoisotopic (exact) mass is 297 g/mol. The third-order valence-electron chi connectivity index (χ3n) is 2.48. The number of nitrogens with one attached hydrogen (secondary N) is 2. The maximum Gasteiger partial charge on any atom is 0.282 e. The van der Waals surface area contributed by atoms with Gasteiger partial charge < -0.3 is 5.32 Å². The van der Waals surface area contributed by atoms with Crippen molar-refractivity contribution in [2.24, 2.45) is 7.05 Å². The van der Waals surface area contributed by atoms with Gasteiger partial charge in [0.2, 0.25) is 0 Å². The van der Waals surface area contributed by atoms with Crippen molar-refractivity contribution in [3.05, 3.63) is 38.5 Å². The van der Waals surface area contributed by atoms with Crippen LogP contribution in [0.2, 0.25) is 0 Å². The second-order valence-electron chi connectivity index (χ2n) is 3.67. The number of hydrogen-bond acceptors (Lipinski definition) is 4. The quantitative estimate of drug-likeness (QED) is 0.892. The zero-order valence-corrected chi connectivity index (χ0v) is 11.1. The zero-order valence-electron chi connectivity index (χ0n) is 9.49. The van der Waals surface area contributed by atoms with E-state index in [2.05, 4.69) is 36.5 Å². The fourth-order valence-corrected chi connectivity index (χ4v) is 1.88. The van der Waals surface area contributed by atoms with Gasteiger partial charge in [0, 0.05) is 24.8 Å². The molecule has 0 aliphatic heterocycles. The van der Waals surface area contributed by atoms with Crippen LogP contribution in [0.5, 0.6) is 0 Å². The van der Waals surface area contributed by atoms with Crippen molar-refractivity contribution in [1.29, 1.82) is 0 Å². The summed E-state index contributed by atoms with van der Waals surface area (Å²) < 4.78 is 1.76. The number of rotatable bonds is 3. The smallest absolute Gasteiger partial charge is 0.282 e. The molecule has 0 aliphatic carbocycles. The molecule has 0 unspecified atom stereocenters. The summed E-state index contributed by atoms with van der Waals surface area (Å²) in [5.41, 5.74) is 2.57. The average molecular weight is 298 g/mol. The molecule has 0 spiro atoms. The summed E-state index contributed by atoms with van der Waals surface area (Å²) in [4.78, 5) is 11.6. The lowest BCUT2D eigenvalue weighted by molar-refractivity contribution is 0.703. The van der Waals surface area contributed by atoms with E-state index in [9.17, 15) is 4.79 Å². The van der Waals surface area contributed by atoms with Gasteiger partial charge in [-0.25, -0.2) is 4.68 Å². The Hall–Kier alpha value is -1.63. The molecular weight excluding hydrogens is 286 g/mol. The molecule has 2 heterocycles. The van der Waals surface area contributed by atoms with Crippen LogP contribution in [0.4, 0.5) is 5.69 Å². The van der Waals surface area contributed by atoms with Crippen LogP contribution in [0.3, 0.4) is 0 Å². The van der Waals surface area contributed by atoms with Crippen molar-refractivity contribution in [2.75, 3.05) is 5.32 Å². The number of aromatic nitrogens is 4. The molecule has 2 rings (SSSR count). The molecule has 0 saturated carbocycles. The number of anilines is 1. The summed E-state index contributed by atoms with van der Waals surface area (Å²) in [5.74, 6) is 0. The molecule has 90 valence electrons. The molecule has 0 amide bonds. The molecule has 17 heavy (non-hydrogen) atoms. The summed E-state index contributed by atoms with van der Waals surface area (Å²) >= 11 is 3.25. The molecule has 7 heteroatoms. The number of hydrogen-bond donors (Lipinski definition) is 2. The minimum absolute atomic E-state index is 0.168. The van der Waals surface area contributed by atoms with Crippen LogP contribution in [0.25, 0.3) is 0 Å². The lowest BCUT2D eigenvalue weighted by Gasteiger charge is -2.07. The molecule has 0 fully saturated rings. The Morgan fingerprint density at radius 1 is 1.53 bits per heavy atom. The van der Waals surface area contributed by atoms with E-state index in [1.165, 1.54) is 4.68 Å². The van der Waals surface area contributed by atoms with E-state index in [0.717, 1.165) is 11.3 Å². The molecule has 2 aromatic heterocycles. The summed E-state index contributed by atoms with van der Waals surface area (Å²) in [6, 6.07) is 0. The zero-order chi connectivity index (χ0) is 12.4. The largest absolute Gasteiger partial charge is 0.378 e. The van der Waals surface area contributed by atoms with Gasteiger partial charge in [0.05, 0.1) is 18.1 Å². The minimum atomic E-state index is -0.168. The van der Waals surface area contributed by atoms with E-state index in [-0.39, 0.29) is 5.56 Å². The maximum atomic E-state index is 11.6. The normalized spacial score (nSPS) is 10.5. The number of halogens is 1. The van der Waals surface area contributed by atoms with E-state index >= 15 is 0 Å². The first-order valence-electron chi connectivity index (χ1n) is 5.04. The van der Waals surface area contributed by atoms with Gasteiger partial charge in [0.1, 0.15) is 4.47 Å². The van der Waals surface area contributed by atoms with Gasteiger partial charge in [0.25, 0.3) is 5.56 Å². The highest BCUT2D eigenvalue weighted by Gasteiger charge is 2.07. The SMILES string of the molecule is Cc1[nH]ncc1CNc1cnn(C)c(=O)c1Br. The van der Waals surface area contributed by atoms with Crippen molar-refractivity contribution in [1.82, 2.24) is 20.0 Å². The Morgan fingerprint density at radius 3 is 2.94 bits per heavy atom. The van der Waals surface area contributed by atoms with Crippen molar-refractivity contribution >= 4 is 21.6 Å². The molecule has 0 aromatic carbocycles. The molecular formula is C10H12BrN5O. The molecule has 2 aromatic rings. The third kappa shape index (κ3) is 2.38. The standard InChI is InChI=1S/C10H12BrN5O/c1-6-7(4-13-15-6)3-12-8-5-14-16(2)10(17)9(8)11/h4-5,12H,3H2,1-2H3,(H,13,15). The fourth-order valence-electron chi connectivity index (χ4n) is 1.38. The van der Waals surface area contributed by atoms with Crippen molar-refractivity contribution < 1.29 is 0 Å². The number of aromatic amines is 1. The Kier molecular flexibility index (Phi) is 3.28. The highest BCUT2D eigenvalue weighted by atomic mass is 79.9. The average Bonchev–Trinajstić information content (AvgIpc) is 2.71. The van der Waals surface area contributed by atoms with Crippen LogP contribution in [-0.2, 0) is 13.6 Å². The fraction of sp³-hybridized carbons (Fsp3) is 0.300. The highest BCUT2D eigenvalue weighted by molar-refractivity contribution is 9.10. The first-order valence-corrected chi connectivity index (χ1v) is 5.83. The van der Waals surface area contributed by atoms with Crippen molar-refractivity contribution in [2.45, 2.75) is 13.5 Å². The second-order valence-corrected chi connectivity index (χ2v) is 4.47. The van der Waals surface area contributed by atoms with Gasteiger partial charge >= 0.3 is 0 Å². The van der Waals surface area contributed by atoms with E-state index in [0.29, 0.717) is 16.7 Å². The Morgan fingerprint density at radius 2 is 2.29 bits per heavy atom. The van der Waals surface area contributed by atoms with Gasteiger partial charge in [-0.3, -0.25) is 9.89 Å². The number of nitrogens with zero attached hydrogens (tertiary/aromatic N) is 3. The molecule has 0 aliphatic rings. The first-order chi connectivity index (χ1) is 8.09. The minimum Gasteiger partial charge on any atom is -0.378 e. The number of aryl methyl sites for hydroxylation is 2. The summed E-state index contributed by atoms with van der Waals surface area (Å²) in [5, 5.41) is 13.9. The van der Waals surface area contributed by atoms with Gasteiger partial charge in [-0.15, -0.1) is 0 Å². The second kappa shape index (κ2) is 4.70. The van der Waals surface area contributed by atoms with Gasteiger partial charge in [0.15, 0.2) is 0 Å². The van der Waals surface area contributed by atoms with Crippen molar-refractivity contribution in [3.63, 3.8) is 0 Å². The summed E-state index contributed by atoms with van der Waals surface area (Å²) in [6.07, 6.45) is 3.37. The predicted molar refractivity (Wildman–Crippen MR) is 67.8 cm³/mol. The molecule has 0 saturated heterocycles. The van der Waals surface area contributed by atoms with E-state index < -0.39 is 0 Å². The van der Waals surface area contributed by atoms with Gasteiger partial charge in [-0.05, 0) is 22.9 Å². The predicted octanol–water partition coefficient (Wildman–Crippen LogP) is 1.19. The van der Waals surface area contributed by atoms with E-state index in [4.69, 9.17) is 0 Å². The van der Waals surface area contributed by atoms with Crippen LogP contribution in [0.1, 0.15) is 11.3 Å². The lowest BCUT2D eigenvalue weighted by atomic mass is 10.2. The van der Waals surface area contributed by atoms with Crippen LogP contribution >= 0.6 is 15.9 Å². The Balaban J connectivity index is 2.18. The molecule has 0 radical (unpaired) electrons. The molecule has 2 N–H and O–H groups in total. The van der Waals surface area contributed by atoms with E-state index in [1.807, 2.05) is 6.92 Å².